The van der Waals surface area contributed by atoms with Gasteiger partial charge in [0.2, 0.25) is 0 Å². The average Bonchev–Trinajstić information content (AvgIpc) is 2.09. The maximum atomic E-state index is 12.9. The first kappa shape index (κ1) is 9.94. The first-order chi connectivity index (χ1) is 6.05. The number of nitrogens with one attached hydrogen (secondary N) is 2. The van der Waals surface area contributed by atoms with E-state index in [9.17, 15) is 12.8 Å². The zero-order valence-electron chi connectivity index (χ0n) is 6.91. The molecule has 0 unspecified atom stereocenters. The van der Waals surface area contributed by atoms with Crippen LogP contribution in [0, 0.1) is 5.82 Å². The molecule has 0 atom stereocenters. The maximum Gasteiger partial charge on any atom is 0.298 e. The summed E-state index contributed by atoms with van der Waals surface area (Å²) < 4.78 is 38.8. The molecule has 0 fully saturated rings. The van der Waals surface area contributed by atoms with Crippen LogP contribution in [0.25, 0.3) is 0 Å². The fourth-order valence-electron chi connectivity index (χ4n) is 0.740. The summed E-state index contributed by atoms with van der Waals surface area (Å²) in [5.74, 6) is -0.610. The van der Waals surface area contributed by atoms with Gasteiger partial charge in [0, 0.05) is 7.05 Å². The fourth-order valence-corrected chi connectivity index (χ4v) is 1.30. The molecule has 0 aliphatic heterocycles. The highest BCUT2D eigenvalue weighted by Crippen LogP contribution is 2.12. The predicted octanol–water partition coefficient (Wildman–Crippen LogP) is 0.702. The van der Waals surface area contributed by atoms with Crippen LogP contribution < -0.4 is 9.44 Å². The monoisotopic (exact) mass is 204 g/mol. The SMILES string of the molecule is CNS(=O)(=O)Nc1ccccc1F. The summed E-state index contributed by atoms with van der Waals surface area (Å²) in [5, 5.41) is 0. The zero-order chi connectivity index (χ0) is 9.90. The minimum Gasteiger partial charge on any atom is -0.268 e. The largest absolute Gasteiger partial charge is 0.298 e. The lowest BCUT2D eigenvalue weighted by molar-refractivity contribution is 0.591. The van der Waals surface area contributed by atoms with Gasteiger partial charge in [0.1, 0.15) is 5.82 Å². The van der Waals surface area contributed by atoms with Gasteiger partial charge < -0.3 is 0 Å². The highest BCUT2D eigenvalue weighted by Gasteiger charge is 2.08. The van der Waals surface area contributed by atoms with Gasteiger partial charge in [-0.3, -0.25) is 4.72 Å². The lowest BCUT2D eigenvalue weighted by Gasteiger charge is -2.06. The van der Waals surface area contributed by atoms with Crippen molar-refractivity contribution in [2.75, 3.05) is 11.8 Å². The first-order valence-electron chi connectivity index (χ1n) is 3.51. The van der Waals surface area contributed by atoms with Crippen LogP contribution in [0.1, 0.15) is 0 Å². The maximum absolute atomic E-state index is 12.9. The zero-order valence-corrected chi connectivity index (χ0v) is 7.73. The molecular weight excluding hydrogens is 195 g/mol. The normalized spacial score (nSPS) is 11.2. The molecule has 1 aromatic carbocycles. The van der Waals surface area contributed by atoms with Crippen molar-refractivity contribution in [1.29, 1.82) is 0 Å². The van der Waals surface area contributed by atoms with Crippen molar-refractivity contribution >= 4 is 15.9 Å². The Bertz CT molecular complexity index is 391. The number of hydrogen-bond acceptors (Lipinski definition) is 2. The van der Waals surface area contributed by atoms with E-state index in [0.29, 0.717) is 0 Å². The van der Waals surface area contributed by atoms with Crippen LogP contribution in [0.5, 0.6) is 0 Å². The van der Waals surface area contributed by atoms with Gasteiger partial charge >= 0.3 is 0 Å². The van der Waals surface area contributed by atoms with Gasteiger partial charge in [-0.25, -0.2) is 9.11 Å². The van der Waals surface area contributed by atoms with Crippen molar-refractivity contribution in [3.63, 3.8) is 0 Å². The van der Waals surface area contributed by atoms with Gasteiger partial charge in [0.25, 0.3) is 10.2 Å². The number of hydrogen-bond donors (Lipinski definition) is 2. The van der Waals surface area contributed by atoms with Crippen LogP contribution in [0.4, 0.5) is 10.1 Å². The highest BCUT2D eigenvalue weighted by atomic mass is 32.2. The van der Waals surface area contributed by atoms with Crippen molar-refractivity contribution in [3.8, 4) is 0 Å². The van der Waals surface area contributed by atoms with Gasteiger partial charge in [-0.2, -0.15) is 8.42 Å². The van der Waals surface area contributed by atoms with Crippen LogP contribution >= 0.6 is 0 Å². The van der Waals surface area contributed by atoms with Crippen LogP contribution in [-0.2, 0) is 10.2 Å². The Balaban J connectivity index is 2.93. The fraction of sp³-hybridized carbons (Fsp3) is 0.143. The molecule has 6 heteroatoms. The second-order valence-electron chi connectivity index (χ2n) is 2.29. The average molecular weight is 204 g/mol. The minimum absolute atomic E-state index is 0.0724. The number of rotatable bonds is 3. The summed E-state index contributed by atoms with van der Waals surface area (Å²) in [4.78, 5) is 0. The van der Waals surface area contributed by atoms with Crippen molar-refractivity contribution in [1.82, 2.24) is 4.72 Å². The third kappa shape index (κ3) is 2.67. The quantitative estimate of drug-likeness (QED) is 0.761. The standard InChI is InChI=1S/C7H9FN2O2S/c1-9-13(11,12)10-7-5-3-2-4-6(7)8/h2-5,9-10H,1H3. The van der Waals surface area contributed by atoms with E-state index < -0.39 is 16.0 Å². The van der Waals surface area contributed by atoms with Gasteiger partial charge in [0.05, 0.1) is 5.69 Å². The molecule has 1 aromatic rings. The summed E-state index contributed by atoms with van der Waals surface area (Å²) in [5.41, 5.74) is -0.0724. The van der Waals surface area contributed by atoms with Gasteiger partial charge in [-0.1, -0.05) is 12.1 Å². The predicted molar refractivity (Wildman–Crippen MR) is 48.0 cm³/mol. The molecule has 0 heterocycles. The van der Waals surface area contributed by atoms with Crippen molar-refractivity contribution in [3.05, 3.63) is 30.1 Å². The van der Waals surface area contributed by atoms with E-state index >= 15 is 0 Å². The van der Waals surface area contributed by atoms with Crippen molar-refractivity contribution in [2.45, 2.75) is 0 Å². The molecule has 0 radical (unpaired) electrons. The van der Waals surface area contributed by atoms with Gasteiger partial charge in [-0.05, 0) is 12.1 Å². The molecular formula is C7H9FN2O2S. The third-order valence-corrected chi connectivity index (χ3v) is 2.41. The number of para-hydroxylation sites is 1. The Labute approximate surface area is 76.0 Å². The van der Waals surface area contributed by atoms with E-state index in [-0.39, 0.29) is 5.69 Å². The number of benzene rings is 1. The Morgan fingerprint density at radius 1 is 1.31 bits per heavy atom. The Morgan fingerprint density at radius 3 is 2.46 bits per heavy atom. The van der Waals surface area contributed by atoms with E-state index in [1.165, 1.54) is 31.3 Å². The molecule has 0 bridgehead atoms. The van der Waals surface area contributed by atoms with Crippen LogP contribution in [0.15, 0.2) is 24.3 Å². The summed E-state index contributed by atoms with van der Waals surface area (Å²) >= 11 is 0. The van der Waals surface area contributed by atoms with Crippen LogP contribution in [-0.4, -0.2) is 15.5 Å². The van der Waals surface area contributed by atoms with E-state index in [2.05, 4.69) is 0 Å². The van der Waals surface area contributed by atoms with E-state index in [0.717, 1.165) is 0 Å². The second-order valence-corrected chi connectivity index (χ2v) is 3.91. The molecule has 0 saturated heterocycles. The number of halogens is 1. The summed E-state index contributed by atoms with van der Waals surface area (Å²) in [6.45, 7) is 0. The molecule has 1 rings (SSSR count). The molecule has 0 aliphatic carbocycles. The van der Waals surface area contributed by atoms with Crippen molar-refractivity contribution < 1.29 is 12.8 Å². The molecule has 0 saturated carbocycles. The molecule has 0 spiro atoms. The Morgan fingerprint density at radius 2 is 1.92 bits per heavy atom. The minimum atomic E-state index is -3.64. The molecule has 0 amide bonds. The summed E-state index contributed by atoms with van der Waals surface area (Å²) in [6.07, 6.45) is 0. The summed E-state index contributed by atoms with van der Waals surface area (Å²) in [6, 6.07) is 5.53. The highest BCUT2D eigenvalue weighted by molar-refractivity contribution is 7.90. The van der Waals surface area contributed by atoms with Crippen LogP contribution in [0.2, 0.25) is 0 Å². The molecule has 0 aliphatic rings. The lowest BCUT2D eigenvalue weighted by atomic mass is 10.3. The molecule has 13 heavy (non-hydrogen) atoms. The third-order valence-electron chi connectivity index (χ3n) is 1.39. The lowest BCUT2D eigenvalue weighted by Crippen LogP contribution is -2.26. The van der Waals surface area contributed by atoms with E-state index in [1.54, 1.807) is 0 Å². The van der Waals surface area contributed by atoms with Gasteiger partial charge in [-0.15, -0.1) is 0 Å². The van der Waals surface area contributed by atoms with E-state index in [4.69, 9.17) is 0 Å². The van der Waals surface area contributed by atoms with Crippen LogP contribution in [0.3, 0.4) is 0 Å². The molecule has 4 nitrogen and oxygen atoms in total. The first-order valence-corrected chi connectivity index (χ1v) is 4.99. The van der Waals surface area contributed by atoms with Gasteiger partial charge in [0.15, 0.2) is 0 Å². The Kier molecular flexibility index (Phi) is 2.84. The molecule has 72 valence electrons. The molecule has 0 aromatic heterocycles. The van der Waals surface area contributed by atoms with Crippen molar-refractivity contribution in [2.24, 2.45) is 0 Å². The Hall–Kier alpha value is -1.14. The topological polar surface area (TPSA) is 58.2 Å². The number of anilines is 1. The smallest absolute Gasteiger partial charge is 0.268 e. The van der Waals surface area contributed by atoms with E-state index in [1.807, 2.05) is 9.44 Å². The second kappa shape index (κ2) is 3.71. The summed E-state index contributed by atoms with van der Waals surface area (Å²) in [7, 11) is -2.40. The molecule has 2 N–H and O–H groups in total.